The van der Waals surface area contributed by atoms with Gasteiger partial charge in [0.25, 0.3) is 14.4 Å². The topological polar surface area (TPSA) is 92.3 Å². The zero-order valence-corrected chi connectivity index (χ0v) is 16.1. The maximum absolute atomic E-state index is 13.0. The zero-order chi connectivity index (χ0) is 18.4. The van der Waals surface area contributed by atoms with E-state index in [0.29, 0.717) is 12.1 Å². The first-order valence-corrected chi connectivity index (χ1v) is 10.1. The van der Waals surface area contributed by atoms with Crippen molar-refractivity contribution in [1.29, 1.82) is 0 Å². The number of sulfonamides is 1. The van der Waals surface area contributed by atoms with Crippen LogP contribution in [0.25, 0.3) is 0 Å². The summed E-state index contributed by atoms with van der Waals surface area (Å²) in [5, 5.41) is 10.4. The molecule has 3 rings (SSSR count). The molecular weight excluding hydrogens is 360 g/mol. The van der Waals surface area contributed by atoms with E-state index in [1.807, 2.05) is 25.1 Å². The van der Waals surface area contributed by atoms with Crippen molar-refractivity contribution in [2.75, 3.05) is 9.62 Å². The molecule has 25 heavy (non-hydrogen) atoms. The van der Waals surface area contributed by atoms with Crippen LogP contribution < -0.4 is 9.62 Å². The Morgan fingerprint density at radius 1 is 1.28 bits per heavy atom. The van der Waals surface area contributed by atoms with Crippen molar-refractivity contribution in [3.05, 3.63) is 29.8 Å². The van der Waals surface area contributed by atoms with Crippen LogP contribution in [0.1, 0.15) is 33.3 Å². The van der Waals surface area contributed by atoms with Crippen LogP contribution in [-0.2, 0) is 21.2 Å². The van der Waals surface area contributed by atoms with E-state index in [1.54, 1.807) is 26.8 Å². The van der Waals surface area contributed by atoms with E-state index in [1.165, 1.54) is 4.31 Å². The van der Waals surface area contributed by atoms with Crippen molar-refractivity contribution in [2.24, 2.45) is 5.41 Å². The van der Waals surface area contributed by atoms with Crippen LogP contribution >= 0.6 is 11.3 Å². The highest BCUT2D eigenvalue weighted by Gasteiger charge is 2.38. The third-order valence-corrected chi connectivity index (χ3v) is 7.05. The van der Waals surface area contributed by atoms with E-state index in [2.05, 4.69) is 15.5 Å². The summed E-state index contributed by atoms with van der Waals surface area (Å²) in [6.07, 6.45) is 0.655. The lowest BCUT2D eigenvalue weighted by Gasteiger charge is -2.22. The second kappa shape index (κ2) is 6.06. The average molecular weight is 380 g/mol. The zero-order valence-electron chi connectivity index (χ0n) is 14.5. The SMILES string of the molecule is CC1Cc2ccccc2N1S(=O)(=O)c1nnc(NC(=O)C(C)(C)C)s1. The average Bonchev–Trinajstić information content (AvgIpc) is 3.10. The molecule has 1 aromatic heterocycles. The summed E-state index contributed by atoms with van der Waals surface area (Å²) in [6, 6.07) is 7.23. The molecule has 9 heteroatoms. The summed E-state index contributed by atoms with van der Waals surface area (Å²) in [6.45, 7) is 7.17. The maximum Gasteiger partial charge on any atom is 0.293 e. The van der Waals surface area contributed by atoms with Gasteiger partial charge in [-0.25, -0.2) is 0 Å². The van der Waals surface area contributed by atoms with Gasteiger partial charge in [0.05, 0.1) is 5.69 Å². The van der Waals surface area contributed by atoms with Gasteiger partial charge in [-0.3, -0.25) is 9.10 Å². The minimum Gasteiger partial charge on any atom is -0.300 e. The van der Waals surface area contributed by atoms with Gasteiger partial charge in [0, 0.05) is 11.5 Å². The number of carbonyl (C=O) groups excluding carboxylic acids is 1. The van der Waals surface area contributed by atoms with Gasteiger partial charge in [-0.2, -0.15) is 8.42 Å². The molecule has 1 aliphatic heterocycles. The summed E-state index contributed by atoms with van der Waals surface area (Å²) in [7, 11) is -3.82. The summed E-state index contributed by atoms with van der Waals surface area (Å²) in [5.41, 5.74) is 1.06. The monoisotopic (exact) mass is 380 g/mol. The number of hydrogen-bond donors (Lipinski definition) is 1. The van der Waals surface area contributed by atoms with Crippen LogP contribution in [0.2, 0.25) is 0 Å². The molecule has 0 fully saturated rings. The number of nitrogens with one attached hydrogen (secondary N) is 1. The number of benzene rings is 1. The largest absolute Gasteiger partial charge is 0.300 e. The van der Waals surface area contributed by atoms with E-state index in [9.17, 15) is 13.2 Å². The van der Waals surface area contributed by atoms with Gasteiger partial charge in [0.1, 0.15) is 0 Å². The molecule has 0 bridgehead atoms. The van der Waals surface area contributed by atoms with Crippen LogP contribution in [0, 0.1) is 5.41 Å². The summed E-state index contributed by atoms with van der Waals surface area (Å²) in [4.78, 5) is 12.0. The molecule has 1 N–H and O–H groups in total. The molecule has 1 aliphatic rings. The number of para-hydroxylation sites is 1. The van der Waals surface area contributed by atoms with Gasteiger partial charge in [0.15, 0.2) is 0 Å². The Labute approximate surface area is 151 Å². The highest BCUT2D eigenvalue weighted by atomic mass is 32.2. The Morgan fingerprint density at radius 3 is 2.64 bits per heavy atom. The lowest BCUT2D eigenvalue weighted by atomic mass is 9.96. The van der Waals surface area contributed by atoms with Crippen molar-refractivity contribution < 1.29 is 13.2 Å². The second-order valence-corrected chi connectivity index (χ2v) is 10.0. The number of carbonyl (C=O) groups is 1. The van der Waals surface area contributed by atoms with Crippen LogP contribution in [0.4, 0.5) is 10.8 Å². The molecule has 2 aromatic rings. The fourth-order valence-electron chi connectivity index (χ4n) is 2.64. The molecule has 7 nitrogen and oxygen atoms in total. The molecule has 1 aromatic carbocycles. The van der Waals surface area contributed by atoms with E-state index >= 15 is 0 Å². The van der Waals surface area contributed by atoms with Crippen molar-refractivity contribution in [2.45, 2.75) is 44.5 Å². The van der Waals surface area contributed by atoms with Gasteiger partial charge in [0.2, 0.25) is 11.0 Å². The fraction of sp³-hybridized carbons (Fsp3) is 0.438. The van der Waals surface area contributed by atoms with Crippen molar-refractivity contribution in [1.82, 2.24) is 10.2 Å². The van der Waals surface area contributed by atoms with Crippen LogP contribution in [0.3, 0.4) is 0 Å². The molecule has 0 saturated carbocycles. The predicted octanol–water partition coefficient (Wildman–Crippen LogP) is 2.66. The van der Waals surface area contributed by atoms with Crippen LogP contribution in [0.15, 0.2) is 28.6 Å². The summed E-state index contributed by atoms with van der Waals surface area (Å²) in [5.74, 6) is -0.243. The van der Waals surface area contributed by atoms with Gasteiger partial charge in [-0.1, -0.05) is 50.3 Å². The molecule has 0 radical (unpaired) electrons. The molecule has 0 saturated heterocycles. The molecule has 134 valence electrons. The Kier molecular flexibility index (Phi) is 4.32. The number of hydrogen-bond acceptors (Lipinski definition) is 6. The lowest BCUT2D eigenvalue weighted by Crippen LogP contribution is -2.35. The minimum atomic E-state index is -3.82. The Balaban J connectivity index is 1.91. The number of fused-ring (bicyclic) bond motifs is 1. The first-order chi connectivity index (χ1) is 11.6. The smallest absolute Gasteiger partial charge is 0.293 e. The number of amides is 1. The predicted molar refractivity (Wildman–Crippen MR) is 97.3 cm³/mol. The Morgan fingerprint density at radius 2 is 1.96 bits per heavy atom. The highest BCUT2D eigenvalue weighted by molar-refractivity contribution is 7.94. The van der Waals surface area contributed by atoms with Crippen molar-refractivity contribution in [3.63, 3.8) is 0 Å². The number of anilines is 2. The number of rotatable bonds is 3. The molecule has 0 spiro atoms. The van der Waals surface area contributed by atoms with Crippen molar-refractivity contribution >= 4 is 38.1 Å². The third-order valence-electron chi connectivity index (χ3n) is 3.93. The van der Waals surface area contributed by atoms with E-state index in [0.717, 1.165) is 16.9 Å². The molecule has 1 unspecified atom stereocenters. The summed E-state index contributed by atoms with van der Waals surface area (Å²) >= 11 is 0.864. The molecule has 1 atom stereocenters. The summed E-state index contributed by atoms with van der Waals surface area (Å²) < 4.78 is 27.3. The highest BCUT2D eigenvalue weighted by Crippen LogP contribution is 2.37. The van der Waals surface area contributed by atoms with Gasteiger partial charge >= 0.3 is 0 Å². The van der Waals surface area contributed by atoms with Gasteiger partial charge in [-0.15, -0.1) is 10.2 Å². The Hall–Kier alpha value is -2.00. The third kappa shape index (κ3) is 3.25. The Bertz CT molecular complexity index is 915. The van der Waals surface area contributed by atoms with E-state index < -0.39 is 15.4 Å². The van der Waals surface area contributed by atoms with Crippen molar-refractivity contribution in [3.8, 4) is 0 Å². The molecule has 0 aliphatic carbocycles. The minimum absolute atomic E-state index is 0.125. The standard InChI is InChI=1S/C16H20N4O3S2/c1-10-9-11-7-5-6-8-12(11)20(10)25(22,23)15-19-18-14(24-15)17-13(21)16(2,3)4/h5-8,10H,9H2,1-4H3,(H,17,18,21). The fourth-order valence-corrected chi connectivity index (χ4v) is 5.31. The normalized spacial score (nSPS) is 17.4. The molecule has 2 heterocycles. The molecular formula is C16H20N4O3S2. The number of nitrogens with zero attached hydrogens (tertiary/aromatic N) is 3. The van der Waals surface area contributed by atoms with Crippen LogP contribution in [-0.4, -0.2) is 30.6 Å². The molecule has 1 amide bonds. The lowest BCUT2D eigenvalue weighted by molar-refractivity contribution is -0.123. The maximum atomic E-state index is 13.0. The second-order valence-electron chi connectivity index (χ2n) is 7.06. The van der Waals surface area contributed by atoms with E-state index in [-0.39, 0.29) is 21.4 Å². The van der Waals surface area contributed by atoms with Gasteiger partial charge in [-0.05, 0) is 25.0 Å². The van der Waals surface area contributed by atoms with Gasteiger partial charge < -0.3 is 5.32 Å². The van der Waals surface area contributed by atoms with E-state index in [4.69, 9.17) is 0 Å². The number of aromatic nitrogens is 2. The van der Waals surface area contributed by atoms with Crippen LogP contribution in [0.5, 0.6) is 0 Å². The first kappa shape index (κ1) is 17.8. The first-order valence-electron chi connectivity index (χ1n) is 7.88. The quantitative estimate of drug-likeness (QED) is 0.827.